The summed E-state index contributed by atoms with van der Waals surface area (Å²) in [6.45, 7) is 0.0816. The first-order valence-corrected chi connectivity index (χ1v) is 6.71. The average Bonchev–Trinajstić information content (AvgIpc) is 2.54. The third-order valence-corrected chi connectivity index (χ3v) is 3.63. The SMILES string of the molecule is CN(c1ccc(CO)cc1)c1cccc2ccccc12. The molecule has 3 rings (SSSR count). The molecule has 3 aromatic carbocycles. The normalized spacial score (nSPS) is 10.7. The highest BCUT2D eigenvalue weighted by Crippen LogP contribution is 2.30. The predicted octanol–water partition coefficient (Wildman–Crippen LogP) is 4.10. The van der Waals surface area contributed by atoms with E-state index in [1.165, 1.54) is 16.5 Å². The van der Waals surface area contributed by atoms with Crippen molar-refractivity contribution in [2.75, 3.05) is 11.9 Å². The third kappa shape index (κ3) is 2.26. The van der Waals surface area contributed by atoms with Crippen LogP contribution in [0.25, 0.3) is 10.8 Å². The average molecular weight is 263 g/mol. The van der Waals surface area contributed by atoms with Crippen LogP contribution in [0.3, 0.4) is 0 Å². The summed E-state index contributed by atoms with van der Waals surface area (Å²) < 4.78 is 0. The molecule has 0 aliphatic rings. The molecule has 0 saturated heterocycles. The lowest BCUT2D eigenvalue weighted by atomic mass is 10.1. The number of benzene rings is 3. The Hall–Kier alpha value is -2.32. The van der Waals surface area contributed by atoms with Gasteiger partial charge in [-0.3, -0.25) is 0 Å². The van der Waals surface area contributed by atoms with Gasteiger partial charge in [0.25, 0.3) is 0 Å². The van der Waals surface area contributed by atoms with Gasteiger partial charge >= 0.3 is 0 Å². The van der Waals surface area contributed by atoms with Gasteiger partial charge in [-0.15, -0.1) is 0 Å². The van der Waals surface area contributed by atoms with Crippen molar-refractivity contribution in [2.24, 2.45) is 0 Å². The monoisotopic (exact) mass is 263 g/mol. The summed E-state index contributed by atoms with van der Waals surface area (Å²) >= 11 is 0. The number of fused-ring (bicyclic) bond motifs is 1. The summed E-state index contributed by atoms with van der Waals surface area (Å²) in [5.74, 6) is 0. The van der Waals surface area contributed by atoms with Gasteiger partial charge in [-0.25, -0.2) is 0 Å². The highest BCUT2D eigenvalue weighted by atomic mass is 16.3. The maximum atomic E-state index is 9.11. The quantitative estimate of drug-likeness (QED) is 0.769. The van der Waals surface area contributed by atoms with Crippen LogP contribution >= 0.6 is 0 Å². The van der Waals surface area contributed by atoms with Crippen LogP contribution in [0.4, 0.5) is 11.4 Å². The van der Waals surface area contributed by atoms with Gasteiger partial charge in [-0.05, 0) is 29.1 Å². The molecule has 0 unspecified atom stereocenters. The first-order valence-electron chi connectivity index (χ1n) is 6.71. The van der Waals surface area contributed by atoms with Crippen molar-refractivity contribution in [2.45, 2.75) is 6.61 Å². The van der Waals surface area contributed by atoms with Crippen molar-refractivity contribution in [3.63, 3.8) is 0 Å². The van der Waals surface area contributed by atoms with Gasteiger partial charge in [0.05, 0.1) is 6.61 Å². The van der Waals surface area contributed by atoms with E-state index >= 15 is 0 Å². The van der Waals surface area contributed by atoms with E-state index in [0.717, 1.165) is 11.3 Å². The van der Waals surface area contributed by atoms with Gasteiger partial charge in [-0.1, -0.05) is 48.5 Å². The Balaban J connectivity index is 2.05. The Bertz CT molecular complexity index is 714. The Morgan fingerprint density at radius 3 is 2.30 bits per heavy atom. The fourth-order valence-corrected chi connectivity index (χ4v) is 2.46. The van der Waals surface area contributed by atoms with Crippen LogP contribution in [-0.4, -0.2) is 12.2 Å². The Kier molecular flexibility index (Phi) is 3.40. The van der Waals surface area contributed by atoms with Gasteiger partial charge < -0.3 is 10.0 Å². The number of hydrogen-bond donors (Lipinski definition) is 1. The van der Waals surface area contributed by atoms with Crippen LogP contribution in [-0.2, 0) is 6.61 Å². The summed E-state index contributed by atoms with van der Waals surface area (Å²) in [5, 5.41) is 11.6. The van der Waals surface area contributed by atoms with Crippen molar-refractivity contribution in [3.05, 3.63) is 72.3 Å². The maximum absolute atomic E-state index is 9.11. The number of rotatable bonds is 3. The molecule has 0 heterocycles. The van der Waals surface area contributed by atoms with E-state index in [9.17, 15) is 0 Å². The van der Waals surface area contributed by atoms with Gasteiger partial charge in [0.2, 0.25) is 0 Å². The van der Waals surface area contributed by atoms with E-state index in [2.05, 4.69) is 54.4 Å². The largest absolute Gasteiger partial charge is 0.392 e. The molecule has 100 valence electrons. The summed E-state index contributed by atoms with van der Waals surface area (Å²) in [5.41, 5.74) is 3.22. The molecule has 0 spiro atoms. The van der Waals surface area contributed by atoms with Gasteiger partial charge in [-0.2, -0.15) is 0 Å². The second-order valence-electron chi connectivity index (χ2n) is 4.88. The van der Waals surface area contributed by atoms with Gasteiger partial charge in [0.1, 0.15) is 0 Å². The zero-order valence-electron chi connectivity index (χ0n) is 11.5. The van der Waals surface area contributed by atoms with Crippen LogP contribution in [0.1, 0.15) is 5.56 Å². The highest BCUT2D eigenvalue weighted by Gasteiger charge is 2.07. The molecule has 0 fully saturated rings. The van der Waals surface area contributed by atoms with E-state index in [4.69, 9.17) is 5.11 Å². The van der Waals surface area contributed by atoms with E-state index < -0.39 is 0 Å². The van der Waals surface area contributed by atoms with E-state index in [1.54, 1.807) is 0 Å². The maximum Gasteiger partial charge on any atom is 0.0681 e. The first-order chi connectivity index (χ1) is 9.79. The number of aliphatic hydroxyl groups is 1. The molecular weight excluding hydrogens is 246 g/mol. The molecule has 1 N–H and O–H groups in total. The van der Waals surface area contributed by atoms with Crippen molar-refractivity contribution >= 4 is 22.1 Å². The van der Waals surface area contributed by atoms with Crippen LogP contribution < -0.4 is 4.90 Å². The minimum absolute atomic E-state index is 0.0816. The zero-order chi connectivity index (χ0) is 13.9. The fourth-order valence-electron chi connectivity index (χ4n) is 2.46. The van der Waals surface area contributed by atoms with Crippen molar-refractivity contribution in [3.8, 4) is 0 Å². The summed E-state index contributed by atoms with van der Waals surface area (Å²) in [7, 11) is 2.07. The van der Waals surface area contributed by atoms with E-state index in [0.29, 0.717) is 0 Å². The van der Waals surface area contributed by atoms with Crippen LogP contribution in [0.2, 0.25) is 0 Å². The summed E-state index contributed by atoms with van der Waals surface area (Å²) in [6, 6.07) is 22.7. The molecule has 0 aromatic heterocycles. The number of nitrogens with zero attached hydrogens (tertiary/aromatic N) is 1. The molecule has 0 atom stereocenters. The number of hydrogen-bond acceptors (Lipinski definition) is 2. The highest BCUT2D eigenvalue weighted by molar-refractivity contribution is 5.95. The molecular formula is C18H17NO. The molecule has 2 heteroatoms. The standard InChI is InChI=1S/C18H17NO/c1-19(16-11-9-14(13-20)10-12-16)18-8-4-6-15-5-2-3-7-17(15)18/h2-12,20H,13H2,1H3. The topological polar surface area (TPSA) is 23.5 Å². The summed E-state index contributed by atoms with van der Waals surface area (Å²) in [4.78, 5) is 2.17. The van der Waals surface area contributed by atoms with Crippen LogP contribution in [0.15, 0.2) is 66.7 Å². The number of aliphatic hydroxyl groups excluding tert-OH is 1. The van der Waals surface area contributed by atoms with Crippen molar-refractivity contribution in [1.29, 1.82) is 0 Å². The molecule has 0 aliphatic heterocycles. The molecule has 0 amide bonds. The molecule has 20 heavy (non-hydrogen) atoms. The molecule has 0 bridgehead atoms. The second kappa shape index (κ2) is 5.35. The van der Waals surface area contributed by atoms with Gasteiger partial charge in [0, 0.05) is 23.8 Å². The Morgan fingerprint density at radius 2 is 1.55 bits per heavy atom. The lowest BCUT2D eigenvalue weighted by molar-refractivity contribution is 0.282. The smallest absolute Gasteiger partial charge is 0.0681 e. The Labute approximate surface area is 118 Å². The van der Waals surface area contributed by atoms with Gasteiger partial charge in [0.15, 0.2) is 0 Å². The first kappa shape index (κ1) is 12.7. The lowest BCUT2D eigenvalue weighted by Crippen LogP contribution is -2.09. The fraction of sp³-hybridized carbons (Fsp3) is 0.111. The van der Waals surface area contributed by atoms with Crippen molar-refractivity contribution < 1.29 is 5.11 Å². The summed E-state index contributed by atoms with van der Waals surface area (Å²) in [6.07, 6.45) is 0. The third-order valence-electron chi connectivity index (χ3n) is 3.63. The van der Waals surface area contributed by atoms with Crippen molar-refractivity contribution in [1.82, 2.24) is 0 Å². The Morgan fingerprint density at radius 1 is 0.850 bits per heavy atom. The molecule has 0 radical (unpaired) electrons. The number of anilines is 2. The van der Waals surface area contributed by atoms with E-state index in [-0.39, 0.29) is 6.61 Å². The second-order valence-corrected chi connectivity index (χ2v) is 4.88. The molecule has 0 saturated carbocycles. The lowest BCUT2D eigenvalue weighted by Gasteiger charge is -2.21. The van der Waals surface area contributed by atoms with Crippen LogP contribution in [0, 0.1) is 0 Å². The zero-order valence-corrected chi connectivity index (χ0v) is 11.5. The molecule has 2 nitrogen and oxygen atoms in total. The minimum Gasteiger partial charge on any atom is -0.392 e. The molecule has 0 aliphatic carbocycles. The minimum atomic E-state index is 0.0816. The predicted molar refractivity (Wildman–Crippen MR) is 84.4 cm³/mol. The molecule has 3 aromatic rings. The van der Waals surface area contributed by atoms with E-state index in [1.807, 2.05) is 24.3 Å². The van der Waals surface area contributed by atoms with Crippen LogP contribution in [0.5, 0.6) is 0 Å².